The molecular weight excluding hydrogens is 260 g/mol. The lowest BCUT2D eigenvalue weighted by Crippen LogP contribution is -2.28. The average Bonchev–Trinajstić information content (AvgIpc) is 2.52. The van der Waals surface area contributed by atoms with Gasteiger partial charge in [-0.15, -0.1) is 11.3 Å². The van der Waals surface area contributed by atoms with Gasteiger partial charge in [0.05, 0.1) is 3.79 Å². The average molecular weight is 277 g/mol. The standard InChI is InChI=1S/C10H17BrN2S/c1-3-12-4-5-13(2)7-9-6-10(11)14-8-9/h6,8,12H,3-5,7H2,1-2H3. The third-order valence-electron chi connectivity index (χ3n) is 1.99. The summed E-state index contributed by atoms with van der Waals surface area (Å²) in [7, 11) is 2.16. The fourth-order valence-electron chi connectivity index (χ4n) is 1.27. The highest BCUT2D eigenvalue weighted by molar-refractivity contribution is 9.11. The Morgan fingerprint density at radius 3 is 2.93 bits per heavy atom. The van der Waals surface area contributed by atoms with Crippen molar-refractivity contribution in [3.8, 4) is 0 Å². The van der Waals surface area contributed by atoms with Crippen LogP contribution in [0.3, 0.4) is 0 Å². The summed E-state index contributed by atoms with van der Waals surface area (Å²) in [6.45, 7) is 6.39. The molecule has 0 amide bonds. The minimum Gasteiger partial charge on any atom is -0.316 e. The number of thiophene rings is 1. The number of halogens is 1. The number of rotatable bonds is 6. The molecule has 80 valence electrons. The van der Waals surface area contributed by atoms with Gasteiger partial charge < -0.3 is 10.2 Å². The Morgan fingerprint density at radius 1 is 1.57 bits per heavy atom. The van der Waals surface area contributed by atoms with E-state index < -0.39 is 0 Å². The van der Waals surface area contributed by atoms with Crippen LogP contribution in [0.15, 0.2) is 15.2 Å². The van der Waals surface area contributed by atoms with E-state index >= 15 is 0 Å². The van der Waals surface area contributed by atoms with Crippen LogP contribution < -0.4 is 5.32 Å². The predicted molar refractivity (Wildman–Crippen MR) is 66.9 cm³/mol. The van der Waals surface area contributed by atoms with E-state index in [4.69, 9.17) is 0 Å². The lowest BCUT2D eigenvalue weighted by atomic mass is 10.3. The van der Waals surface area contributed by atoms with Crippen molar-refractivity contribution >= 4 is 27.3 Å². The molecule has 0 atom stereocenters. The van der Waals surface area contributed by atoms with Gasteiger partial charge in [0, 0.05) is 19.6 Å². The van der Waals surface area contributed by atoms with E-state index in [0.29, 0.717) is 0 Å². The van der Waals surface area contributed by atoms with Gasteiger partial charge in [-0.1, -0.05) is 6.92 Å². The minimum absolute atomic E-state index is 1.04. The molecule has 1 aromatic heterocycles. The quantitative estimate of drug-likeness (QED) is 0.804. The highest BCUT2D eigenvalue weighted by Crippen LogP contribution is 2.21. The van der Waals surface area contributed by atoms with Crippen molar-refractivity contribution in [1.82, 2.24) is 10.2 Å². The van der Waals surface area contributed by atoms with Crippen LogP contribution in [0.4, 0.5) is 0 Å². The molecule has 1 rings (SSSR count). The summed E-state index contributed by atoms with van der Waals surface area (Å²) in [5, 5.41) is 5.52. The molecule has 0 aliphatic rings. The molecule has 1 N–H and O–H groups in total. The van der Waals surface area contributed by atoms with Crippen molar-refractivity contribution in [2.45, 2.75) is 13.5 Å². The molecule has 2 nitrogen and oxygen atoms in total. The Hall–Kier alpha value is 0.100. The Morgan fingerprint density at radius 2 is 2.36 bits per heavy atom. The van der Waals surface area contributed by atoms with E-state index in [1.54, 1.807) is 11.3 Å². The molecule has 14 heavy (non-hydrogen) atoms. The summed E-state index contributed by atoms with van der Waals surface area (Å²) < 4.78 is 1.22. The highest BCUT2D eigenvalue weighted by atomic mass is 79.9. The molecule has 4 heteroatoms. The Bertz CT molecular complexity index is 262. The molecule has 0 radical (unpaired) electrons. The predicted octanol–water partition coefficient (Wildman–Crippen LogP) is 2.55. The van der Waals surface area contributed by atoms with Gasteiger partial charge in [-0.25, -0.2) is 0 Å². The normalized spacial score (nSPS) is 11.1. The summed E-state index contributed by atoms with van der Waals surface area (Å²) in [6, 6.07) is 2.19. The van der Waals surface area contributed by atoms with Crippen molar-refractivity contribution in [3.63, 3.8) is 0 Å². The van der Waals surface area contributed by atoms with Crippen LogP contribution in [0, 0.1) is 0 Å². The second-order valence-corrected chi connectivity index (χ2v) is 5.64. The zero-order valence-corrected chi connectivity index (χ0v) is 11.1. The van der Waals surface area contributed by atoms with Crippen LogP contribution >= 0.6 is 27.3 Å². The van der Waals surface area contributed by atoms with Crippen LogP contribution in [0.2, 0.25) is 0 Å². The molecule has 0 aliphatic heterocycles. The topological polar surface area (TPSA) is 15.3 Å². The lowest BCUT2D eigenvalue weighted by molar-refractivity contribution is 0.326. The molecule has 0 aliphatic carbocycles. The zero-order valence-electron chi connectivity index (χ0n) is 8.72. The smallest absolute Gasteiger partial charge is 0.0701 e. The van der Waals surface area contributed by atoms with E-state index in [1.807, 2.05) is 0 Å². The molecule has 0 bridgehead atoms. The first-order chi connectivity index (χ1) is 6.72. The summed E-state index contributed by atoms with van der Waals surface area (Å²) in [5.74, 6) is 0. The van der Waals surface area contributed by atoms with Crippen LogP contribution in [0.25, 0.3) is 0 Å². The van der Waals surface area contributed by atoms with Gasteiger partial charge >= 0.3 is 0 Å². The van der Waals surface area contributed by atoms with Crippen molar-refractivity contribution in [2.75, 3.05) is 26.7 Å². The second-order valence-electron chi connectivity index (χ2n) is 3.35. The summed E-state index contributed by atoms with van der Waals surface area (Å²) in [5.41, 5.74) is 1.39. The van der Waals surface area contributed by atoms with E-state index in [0.717, 1.165) is 26.2 Å². The van der Waals surface area contributed by atoms with Crippen molar-refractivity contribution < 1.29 is 0 Å². The van der Waals surface area contributed by atoms with E-state index in [1.165, 1.54) is 9.35 Å². The number of nitrogens with one attached hydrogen (secondary N) is 1. The van der Waals surface area contributed by atoms with Crippen molar-refractivity contribution in [1.29, 1.82) is 0 Å². The Kier molecular flexibility index (Phi) is 5.70. The molecule has 0 aromatic carbocycles. The van der Waals surface area contributed by atoms with Gasteiger partial charge in [-0.2, -0.15) is 0 Å². The number of likely N-dealkylation sites (N-methyl/N-ethyl adjacent to an activating group) is 2. The fourth-order valence-corrected chi connectivity index (χ4v) is 2.47. The first-order valence-corrected chi connectivity index (χ1v) is 6.51. The molecule has 0 fully saturated rings. The SMILES string of the molecule is CCNCCN(C)Cc1csc(Br)c1. The maximum absolute atomic E-state index is 3.47. The maximum atomic E-state index is 3.47. The van der Waals surface area contributed by atoms with Crippen molar-refractivity contribution in [2.24, 2.45) is 0 Å². The number of hydrogen-bond donors (Lipinski definition) is 1. The summed E-state index contributed by atoms with van der Waals surface area (Å²) in [4.78, 5) is 2.33. The molecular formula is C10H17BrN2S. The lowest BCUT2D eigenvalue weighted by Gasteiger charge is -2.15. The highest BCUT2D eigenvalue weighted by Gasteiger charge is 2.01. The minimum atomic E-state index is 1.04. The van der Waals surface area contributed by atoms with Crippen LogP contribution in [-0.2, 0) is 6.54 Å². The summed E-state index contributed by atoms with van der Waals surface area (Å²) >= 11 is 5.22. The molecule has 0 saturated carbocycles. The molecule has 0 unspecified atom stereocenters. The maximum Gasteiger partial charge on any atom is 0.0701 e. The van der Waals surface area contributed by atoms with Crippen LogP contribution in [0.1, 0.15) is 12.5 Å². The summed E-state index contributed by atoms with van der Waals surface area (Å²) in [6.07, 6.45) is 0. The van der Waals surface area contributed by atoms with Crippen LogP contribution in [0.5, 0.6) is 0 Å². The Balaban J connectivity index is 2.23. The zero-order chi connectivity index (χ0) is 10.4. The molecule has 1 aromatic rings. The molecule has 0 saturated heterocycles. The molecule has 1 heterocycles. The Labute approximate surface area is 98.4 Å². The van der Waals surface area contributed by atoms with E-state index in [2.05, 4.69) is 51.6 Å². The van der Waals surface area contributed by atoms with Crippen molar-refractivity contribution in [3.05, 3.63) is 20.8 Å². The van der Waals surface area contributed by atoms with Gasteiger partial charge in [0.15, 0.2) is 0 Å². The van der Waals surface area contributed by atoms with Gasteiger partial charge in [-0.05, 0) is 46.5 Å². The third-order valence-corrected chi connectivity index (χ3v) is 3.55. The number of nitrogens with zero attached hydrogens (tertiary/aromatic N) is 1. The monoisotopic (exact) mass is 276 g/mol. The second kappa shape index (κ2) is 6.56. The van der Waals surface area contributed by atoms with Crippen LogP contribution in [-0.4, -0.2) is 31.6 Å². The van der Waals surface area contributed by atoms with Gasteiger partial charge in [0.1, 0.15) is 0 Å². The largest absolute Gasteiger partial charge is 0.316 e. The first kappa shape index (κ1) is 12.2. The van der Waals surface area contributed by atoms with Gasteiger partial charge in [-0.3, -0.25) is 0 Å². The van der Waals surface area contributed by atoms with Gasteiger partial charge in [0.25, 0.3) is 0 Å². The molecule has 0 spiro atoms. The van der Waals surface area contributed by atoms with Gasteiger partial charge in [0.2, 0.25) is 0 Å². The third kappa shape index (κ3) is 4.55. The van der Waals surface area contributed by atoms with E-state index in [9.17, 15) is 0 Å². The van der Waals surface area contributed by atoms with E-state index in [-0.39, 0.29) is 0 Å². The first-order valence-electron chi connectivity index (χ1n) is 4.84. The fraction of sp³-hybridized carbons (Fsp3) is 0.600. The number of hydrogen-bond acceptors (Lipinski definition) is 3.